The molecule has 24 heavy (non-hydrogen) atoms. The number of carbonyl (C=O) groups is 1. The van der Waals surface area contributed by atoms with E-state index in [0.717, 1.165) is 18.8 Å². The van der Waals surface area contributed by atoms with Crippen molar-refractivity contribution in [2.45, 2.75) is 57.0 Å². The number of hydrogen-bond acceptors (Lipinski definition) is 5. The first-order valence-electron chi connectivity index (χ1n) is 9.17. The van der Waals surface area contributed by atoms with Crippen LogP contribution in [0, 0.1) is 6.92 Å². The second-order valence-electron chi connectivity index (χ2n) is 7.62. The largest absolute Gasteiger partial charge is 0.381 e. The van der Waals surface area contributed by atoms with Crippen LogP contribution in [0.15, 0.2) is 10.6 Å². The van der Waals surface area contributed by atoms with E-state index in [2.05, 4.69) is 21.9 Å². The molecule has 1 aromatic heterocycles. The van der Waals surface area contributed by atoms with Gasteiger partial charge in [0, 0.05) is 44.5 Å². The van der Waals surface area contributed by atoms with Gasteiger partial charge in [0.1, 0.15) is 5.41 Å². The van der Waals surface area contributed by atoms with Crippen molar-refractivity contribution in [2.75, 3.05) is 32.8 Å². The monoisotopic (exact) mass is 333 g/mol. The predicted molar refractivity (Wildman–Crippen MR) is 88.7 cm³/mol. The molecule has 1 aromatic rings. The van der Waals surface area contributed by atoms with E-state index in [1.807, 2.05) is 13.0 Å². The van der Waals surface area contributed by atoms with Gasteiger partial charge < -0.3 is 14.2 Å². The van der Waals surface area contributed by atoms with Crippen molar-refractivity contribution in [1.82, 2.24) is 15.0 Å². The van der Waals surface area contributed by atoms with Gasteiger partial charge >= 0.3 is 0 Å². The summed E-state index contributed by atoms with van der Waals surface area (Å²) in [6.45, 7) is 8.29. The van der Waals surface area contributed by atoms with Crippen LogP contribution in [0.4, 0.5) is 0 Å². The normalized spacial score (nSPS) is 30.3. The Balaban J connectivity index is 1.64. The molecule has 2 unspecified atom stereocenters. The highest BCUT2D eigenvalue weighted by atomic mass is 16.5. The highest BCUT2D eigenvalue weighted by Crippen LogP contribution is 2.39. The third-order valence-electron chi connectivity index (χ3n) is 6.05. The number of rotatable bonds is 2. The van der Waals surface area contributed by atoms with Crippen LogP contribution in [0.5, 0.6) is 0 Å². The molecule has 6 nitrogen and oxygen atoms in total. The van der Waals surface area contributed by atoms with Crippen molar-refractivity contribution >= 4 is 5.91 Å². The number of carbonyl (C=O) groups excluding carboxylic acids is 1. The topological polar surface area (TPSA) is 58.8 Å². The molecule has 0 saturated carbocycles. The van der Waals surface area contributed by atoms with E-state index in [1.165, 1.54) is 19.4 Å². The SMILES string of the molecule is Cc1cc(C2(C(=O)N3CC4CCCN4CC3C)CCOCC2)on1. The summed E-state index contributed by atoms with van der Waals surface area (Å²) in [6.07, 6.45) is 3.81. The van der Waals surface area contributed by atoms with Crippen LogP contribution in [0.1, 0.15) is 44.1 Å². The quantitative estimate of drug-likeness (QED) is 0.825. The first-order valence-corrected chi connectivity index (χ1v) is 9.17. The van der Waals surface area contributed by atoms with Crippen LogP contribution in [0.25, 0.3) is 0 Å². The van der Waals surface area contributed by atoms with Gasteiger partial charge in [0.15, 0.2) is 5.76 Å². The van der Waals surface area contributed by atoms with Gasteiger partial charge in [-0.25, -0.2) is 0 Å². The van der Waals surface area contributed by atoms with E-state index < -0.39 is 5.41 Å². The molecule has 3 saturated heterocycles. The summed E-state index contributed by atoms with van der Waals surface area (Å²) in [5, 5.41) is 4.04. The van der Waals surface area contributed by atoms with E-state index in [0.29, 0.717) is 37.9 Å². The second-order valence-corrected chi connectivity index (χ2v) is 7.62. The molecule has 2 atom stereocenters. The van der Waals surface area contributed by atoms with Crippen molar-refractivity contribution in [3.8, 4) is 0 Å². The Kier molecular flexibility index (Phi) is 4.12. The van der Waals surface area contributed by atoms with Gasteiger partial charge in [0.25, 0.3) is 0 Å². The maximum atomic E-state index is 13.6. The molecular weight excluding hydrogens is 306 g/mol. The minimum absolute atomic E-state index is 0.209. The first-order chi connectivity index (χ1) is 11.6. The lowest BCUT2D eigenvalue weighted by Crippen LogP contribution is -2.61. The molecule has 132 valence electrons. The van der Waals surface area contributed by atoms with Crippen LogP contribution in [-0.4, -0.2) is 65.8 Å². The molecule has 4 heterocycles. The van der Waals surface area contributed by atoms with Gasteiger partial charge in [-0.3, -0.25) is 9.69 Å². The zero-order valence-corrected chi connectivity index (χ0v) is 14.7. The number of amides is 1. The minimum Gasteiger partial charge on any atom is -0.381 e. The fourth-order valence-electron chi connectivity index (χ4n) is 4.62. The van der Waals surface area contributed by atoms with E-state index >= 15 is 0 Å². The van der Waals surface area contributed by atoms with Crippen molar-refractivity contribution in [3.63, 3.8) is 0 Å². The third kappa shape index (κ3) is 2.56. The Labute approximate surface area is 143 Å². The van der Waals surface area contributed by atoms with Crippen LogP contribution < -0.4 is 0 Å². The summed E-state index contributed by atoms with van der Waals surface area (Å²) in [6, 6.07) is 2.70. The summed E-state index contributed by atoms with van der Waals surface area (Å²) < 4.78 is 11.1. The molecule has 0 aliphatic carbocycles. The van der Waals surface area contributed by atoms with Gasteiger partial charge in [0.2, 0.25) is 5.91 Å². The van der Waals surface area contributed by atoms with Gasteiger partial charge in [0.05, 0.1) is 5.69 Å². The third-order valence-corrected chi connectivity index (χ3v) is 6.05. The number of aryl methyl sites for hydroxylation is 1. The standard InChI is InChI=1S/C18H27N3O3/c1-13-10-16(24-19-13)18(5-8-23-9-6-18)17(22)21-12-15-4-3-7-20(15)11-14(21)2/h10,14-15H,3-9,11-12H2,1-2H3. The Bertz CT molecular complexity index is 608. The summed E-state index contributed by atoms with van der Waals surface area (Å²) in [4.78, 5) is 18.3. The minimum atomic E-state index is -0.603. The fourth-order valence-corrected chi connectivity index (χ4v) is 4.62. The molecule has 4 rings (SSSR count). The molecule has 0 aromatic carbocycles. The number of nitrogens with zero attached hydrogens (tertiary/aromatic N) is 3. The maximum Gasteiger partial charge on any atom is 0.237 e. The predicted octanol–water partition coefficient (Wildman–Crippen LogP) is 1.73. The lowest BCUT2D eigenvalue weighted by molar-refractivity contribution is -0.148. The molecular formula is C18H27N3O3. The maximum absolute atomic E-state index is 13.6. The number of hydrogen-bond donors (Lipinski definition) is 0. The van der Waals surface area contributed by atoms with Crippen LogP contribution in [0.3, 0.4) is 0 Å². The molecule has 3 aliphatic rings. The first kappa shape index (κ1) is 16.1. The highest BCUT2D eigenvalue weighted by Gasteiger charge is 2.50. The van der Waals surface area contributed by atoms with Crippen molar-refractivity contribution < 1.29 is 14.1 Å². The van der Waals surface area contributed by atoms with Gasteiger partial charge in [-0.2, -0.15) is 0 Å². The van der Waals surface area contributed by atoms with E-state index in [-0.39, 0.29) is 11.9 Å². The zero-order valence-electron chi connectivity index (χ0n) is 14.7. The Morgan fingerprint density at radius 2 is 2.12 bits per heavy atom. The van der Waals surface area contributed by atoms with E-state index in [4.69, 9.17) is 9.26 Å². The summed E-state index contributed by atoms with van der Waals surface area (Å²) in [5.74, 6) is 0.926. The molecule has 3 fully saturated rings. The Morgan fingerprint density at radius 3 is 2.83 bits per heavy atom. The smallest absolute Gasteiger partial charge is 0.237 e. The number of fused-ring (bicyclic) bond motifs is 1. The lowest BCUT2D eigenvalue weighted by atomic mass is 9.76. The zero-order chi connectivity index (χ0) is 16.7. The summed E-state index contributed by atoms with van der Waals surface area (Å²) >= 11 is 0. The molecule has 0 bridgehead atoms. The van der Waals surface area contributed by atoms with Crippen LogP contribution >= 0.6 is 0 Å². The molecule has 0 spiro atoms. The molecule has 3 aliphatic heterocycles. The van der Waals surface area contributed by atoms with Gasteiger partial charge in [-0.1, -0.05) is 5.16 Å². The average Bonchev–Trinajstić information content (AvgIpc) is 3.22. The molecule has 1 amide bonds. The van der Waals surface area contributed by atoms with E-state index in [1.54, 1.807) is 0 Å². The van der Waals surface area contributed by atoms with E-state index in [9.17, 15) is 4.79 Å². The van der Waals surface area contributed by atoms with Crippen LogP contribution in [0.2, 0.25) is 0 Å². The molecule has 0 N–H and O–H groups in total. The number of aromatic nitrogens is 1. The Hall–Kier alpha value is -1.40. The number of ether oxygens (including phenoxy) is 1. The van der Waals surface area contributed by atoms with Gasteiger partial charge in [-0.15, -0.1) is 0 Å². The summed E-state index contributed by atoms with van der Waals surface area (Å²) in [5.41, 5.74) is 0.228. The molecule has 6 heteroatoms. The van der Waals surface area contributed by atoms with Crippen molar-refractivity contribution in [2.24, 2.45) is 0 Å². The van der Waals surface area contributed by atoms with Crippen molar-refractivity contribution in [3.05, 3.63) is 17.5 Å². The van der Waals surface area contributed by atoms with Gasteiger partial charge in [-0.05, 0) is 46.1 Å². The van der Waals surface area contributed by atoms with Crippen LogP contribution in [-0.2, 0) is 14.9 Å². The molecule has 0 radical (unpaired) electrons. The average molecular weight is 333 g/mol. The Morgan fingerprint density at radius 1 is 1.33 bits per heavy atom. The second kappa shape index (κ2) is 6.15. The summed E-state index contributed by atoms with van der Waals surface area (Å²) in [7, 11) is 0. The number of piperazine rings is 1. The fraction of sp³-hybridized carbons (Fsp3) is 0.778. The lowest BCUT2D eigenvalue weighted by Gasteiger charge is -2.46. The van der Waals surface area contributed by atoms with Crippen molar-refractivity contribution in [1.29, 1.82) is 0 Å². The highest BCUT2D eigenvalue weighted by molar-refractivity contribution is 5.88.